The van der Waals surface area contributed by atoms with Crippen molar-refractivity contribution in [3.8, 4) is 0 Å². The molecule has 0 aromatic heterocycles. The largest absolute Gasteiger partial charge is 0.383 e. The molecule has 3 unspecified atom stereocenters. The van der Waals surface area contributed by atoms with Crippen LogP contribution in [0.3, 0.4) is 0 Å². The van der Waals surface area contributed by atoms with Gasteiger partial charge in [-0.15, -0.1) is 0 Å². The molecule has 98 valence electrons. The van der Waals surface area contributed by atoms with Gasteiger partial charge in [-0.05, 0) is 37.0 Å². The van der Waals surface area contributed by atoms with Gasteiger partial charge in [0, 0.05) is 6.54 Å². The van der Waals surface area contributed by atoms with Gasteiger partial charge in [-0.3, -0.25) is 4.79 Å². The summed E-state index contributed by atoms with van der Waals surface area (Å²) in [5.41, 5.74) is 0. The van der Waals surface area contributed by atoms with Gasteiger partial charge in [0.1, 0.15) is 0 Å². The molecule has 2 nitrogen and oxygen atoms in total. The van der Waals surface area contributed by atoms with Crippen LogP contribution in [0.1, 0.15) is 25.7 Å². The number of amides is 1. The Balaban J connectivity index is 1.81. The molecule has 1 N–H and O–H groups in total. The number of fused-ring (bicyclic) bond motifs is 2. The highest BCUT2D eigenvalue weighted by Gasteiger charge is 2.49. The van der Waals surface area contributed by atoms with Crippen LogP contribution in [-0.4, -0.2) is 24.8 Å². The van der Waals surface area contributed by atoms with E-state index in [-0.39, 0.29) is 12.5 Å². The Morgan fingerprint density at radius 1 is 1.29 bits per heavy atom. The summed E-state index contributed by atoms with van der Waals surface area (Å²) in [6, 6.07) is 0. The zero-order valence-electron chi connectivity index (χ0n) is 9.27. The Labute approximate surface area is 96.8 Å². The first-order valence-corrected chi connectivity index (χ1v) is 5.85. The first kappa shape index (κ1) is 12.6. The van der Waals surface area contributed by atoms with E-state index in [1.165, 1.54) is 6.42 Å². The third-order valence-corrected chi connectivity index (χ3v) is 3.99. The van der Waals surface area contributed by atoms with Crippen LogP contribution in [0.15, 0.2) is 0 Å². The van der Waals surface area contributed by atoms with Crippen LogP contribution in [0.25, 0.3) is 0 Å². The van der Waals surface area contributed by atoms with E-state index in [1.54, 1.807) is 0 Å². The van der Waals surface area contributed by atoms with Gasteiger partial charge in [-0.25, -0.2) is 8.78 Å². The van der Waals surface area contributed by atoms with Crippen molar-refractivity contribution in [2.45, 2.75) is 38.0 Å². The zero-order valence-corrected chi connectivity index (χ0v) is 9.27. The molecule has 2 saturated carbocycles. The van der Waals surface area contributed by atoms with E-state index < -0.39 is 18.3 Å². The molecule has 0 saturated heterocycles. The van der Waals surface area contributed by atoms with Crippen molar-refractivity contribution in [1.82, 2.24) is 5.32 Å². The molecule has 0 aromatic rings. The molecule has 0 spiro atoms. The quantitative estimate of drug-likeness (QED) is 0.766. The predicted molar refractivity (Wildman–Crippen MR) is 52.9 cm³/mol. The van der Waals surface area contributed by atoms with Crippen LogP contribution in [0.5, 0.6) is 0 Å². The highest BCUT2D eigenvalue weighted by atomic mass is 19.3. The molecule has 0 heterocycles. The minimum Gasteiger partial charge on any atom is -0.350 e. The van der Waals surface area contributed by atoms with Crippen molar-refractivity contribution in [1.29, 1.82) is 0 Å². The fraction of sp³-hybridized carbons (Fsp3) is 0.909. The lowest BCUT2D eigenvalue weighted by atomic mass is 9.89. The molecule has 17 heavy (non-hydrogen) atoms. The Bertz CT molecular complexity index is 308. The number of nitrogens with one attached hydrogen (secondary N) is 1. The number of halogens is 4. The molecule has 2 fully saturated rings. The van der Waals surface area contributed by atoms with Crippen molar-refractivity contribution in [3.63, 3.8) is 0 Å². The summed E-state index contributed by atoms with van der Waals surface area (Å²) in [5, 5.41) is 1.96. The highest BCUT2D eigenvalue weighted by molar-refractivity contribution is 5.83. The Morgan fingerprint density at radius 3 is 2.47 bits per heavy atom. The third kappa shape index (κ3) is 2.40. The van der Waals surface area contributed by atoms with E-state index >= 15 is 0 Å². The van der Waals surface area contributed by atoms with E-state index in [1.807, 2.05) is 5.32 Å². The molecule has 0 aliphatic heterocycles. The number of hydrogen-bond donors (Lipinski definition) is 1. The number of carbonyl (C=O) groups excluding carboxylic acids is 1. The Morgan fingerprint density at radius 2 is 2.00 bits per heavy atom. The fourth-order valence-corrected chi connectivity index (χ4v) is 3.07. The van der Waals surface area contributed by atoms with Crippen LogP contribution >= 0.6 is 0 Å². The van der Waals surface area contributed by atoms with Gasteiger partial charge in [0.15, 0.2) is 0 Å². The molecule has 3 atom stereocenters. The van der Waals surface area contributed by atoms with Gasteiger partial charge in [0.25, 0.3) is 5.91 Å². The second-order valence-corrected chi connectivity index (χ2v) is 5.07. The van der Waals surface area contributed by atoms with Crippen molar-refractivity contribution in [2.75, 3.05) is 6.54 Å². The molecule has 0 aromatic carbocycles. The molecule has 0 radical (unpaired) electrons. The Hall–Kier alpha value is -0.810. The average molecular weight is 253 g/mol. The van der Waals surface area contributed by atoms with Crippen molar-refractivity contribution >= 4 is 5.91 Å². The summed E-state index contributed by atoms with van der Waals surface area (Å²) >= 11 is 0. The minimum absolute atomic E-state index is 0.0995. The molecular formula is C11H15F4NO. The molecule has 2 rings (SSSR count). The van der Waals surface area contributed by atoms with Crippen molar-refractivity contribution in [3.05, 3.63) is 0 Å². The van der Waals surface area contributed by atoms with E-state index in [0.29, 0.717) is 11.8 Å². The second-order valence-electron chi connectivity index (χ2n) is 5.07. The Kier molecular flexibility index (Phi) is 3.32. The monoisotopic (exact) mass is 253 g/mol. The summed E-state index contributed by atoms with van der Waals surface area (Å²) in [4.78, 5) is 10.9. The third-order valence-electron chi connectivity index (χ3n) is 3.99. The van der Waals surface area contributed by atoms with Crippen LogP contribution in [0.4, 0.5) is 17.6 Å². The van der Waals surface area contributed by atoms with Crippen LogP contribution in [0.2, 0.25) is 0 Å². The number of hydrogen-bond acceptors (Lipinski definition) is 1. The van der Waals surface area contributed by atoms with Gasteiger partial charge in [0.2, 0.25) is 0 Å². The molecule has 1 amide bonds. The molecular weight excluding hydrogens is 238 g/mol. The summed E-state index contributed by atoms with van der Waals surface area (Å²) in [5.74, 6) is -5.13. The second kappa shape index (κ2) is 4.46. The maximum absolute atomic E-state index is 12.6. The van der Waals surface area contributed by atoms with Crippen LogP contribution in [-0.2, 0) is 4.79 Å². The van der Waals surface area contributed by atoms with Crippen molar-refractivity contribution < 1.29 is 22.4 Å². The number of carbonyl (C=O) groups is 1. The lowest BCUT2D eigenvalue weighted by molar-refractivity contribution is -0.169. The topological polar surface area (TPSA) is 29.1 Å². The van der Waals surface area contributed by atoms with Gasteiger partial charge in [0.05, 0.1) is 0 Å². The minimum atomic E-state index is -4.57. The standard InChI is InChI=1S/C11H15F4NO/c12-9(13)11(14,15)10(17)16-5-8-4-6-1-2-7(8)3-6/h6-9H,1-5H2,(H,16,17). The summed E-state index contributed by atoms with van der Waals surface area (Å²) in [6.07, 6.45) is 0.304. The fourth-order valence-electron chi connectivity index (χ4n) is 3.07. The lowest BCUT2D eigenvalue weighted by Gasteiger charge is -2.23. The molecule has 2 aliphatic rings. The number of rotatable bonds is 4. The van der Waals surface area contributed by atoms with Gasteiger partial charge >= 0.3 is 12.3 Å². The van der Waals surface area contributed by atoms with E-state index in [2.05, 4.69) is 0 Å². The first-order chi connectivity index (χ1) is 7.91. The molecule has 6 heteroatoms. The SMILES string of the molecule is O=C(NCC1CC2CCC1C2)C(F)(F)C(F)F. The van der Waals surface area contributed by atoms with E-state index in [0.717, 1.165) is 19.3 Å². The van der Waals surface area contributed by atoms with Gasteiger partial charge < -0.3 is 5.32 Å². The zero-order chi connectivity index (χ0) is 12.6. The molecule has 2 bridgehead atoms. The predicted octanol–water partition coefficient (Wildman–Crippen LogP) is 2.44. The van der Waals surface area contributed by atoms with Crippen LogP contribution in [0, 0.1) is 17.8 Å². The summed E-state index contributed by atoms with van der Waals surface area (Å²) < 4.78 is 49.1. The van der Waals surface area contributed by atoms with E-state index in [9.17, 15) is 22.4 Å². The van der Waals surface area contributed by atoms with Crippen LogP contribution < -0.4 is 5.32 Å². The summed E-state index contributed by atoms with van der Waals surface area (Å²) in [6.45, 7) is 0.0995. The van der Waals surface area contributed by atoms with Gasteiger partial charge in [-0.1, -0.05) is 6.42 Å². The van der Waals surface area contributed by atoms with Gasteiger partial charge in [-0.2, -0.15) is 8.78 Å². The lowest BCUT2D eigenvalue weighted by Crippen LogP contribution is -2.46. The smallest absolute Gasteiger partial charge is 0.350 e. The molecule has 2 aliphatic carbocycles. The number of alkyl halides is 4. The highest BCUT2D eigenvalue weighted by Crippen LogP contribution is 2.47. The van der Waals surface area contributed by atoms with E-state index in [4.69, 9.17) is 0 Å². The van der Waals surface area contributed by atoms with Crippen molar-refractivity contribution in [2.24, 2.45) is 17.8 Å². The average Bonchev–Trinajstić information content (AvgIpc) is 2.86. The summed E-state index contributed by atoms with van der Waals surface area (Å²) in [7, 11) is 0. The maximum Gasteiger partial charge on any atom is 0.383 e. The maximum atomic E-state index is 12.6. The first-order valence-electron chi connectivity index (χ1n) is 5.85. The normalized spacial score (nSPS) is 32.2.